The number of phenols is 3. The first-order chi connectivity index (χ1) is 15.7. The van der Waals surface area contributed by atoms with Gasteiger partial charge in [0.2, 0.25) is 5.43 Å². The Kier molecular flexibility index (Phi) is 5.65. The van der Waals surface area contributed by atoms with E-state index in [-0.39, 0.29) is 70.5 Å². The summed E-state index contributed by atoms with van der Waals surface area (Å²) in [7, 11) is 0. The second-order valence-corrected chi connectivity index (χ2v) is 8.27. The van der Waals surface area contributed by atoms with E-state index >= 15 is 0 Å². The molecule has 4 rings (SSSR count). The molecule has 0 bridgehead atoms. The van der Waals surface area contributed by atoms with Crippen LogP contribution in [0.2, 0.25) is 0 Å². The fourth-order valence-corrected chi connectivity index (χ4v) is 3.71. The lowest BCUT2D eigenvalue weighted by atomic mass is 9.96. The molecule has 8 nitrogen and oxygen atoms in total. The first-order valence-corrected chi connectivity index (χ1v) is 10.3. The maximum atomic E-state index is 13.5. The number of allylic oxidation sites excluding steroid dienone is 1. The van der Waals surface area contributed by atoms with Crippen LogP contribution >= 0.6 is 0 Å². The van der Waals surface area contributed by atoms with E-state index in [1.165, 1.54) is 18.2 Å². The maximum absolute atomic E-state index is 13.5. The summed E-state index contributed by atoms with van der Waals surface area (Å²) in [5.41, 5.74) is -0.0889. The molecule has 1 aliphatic rings. The highest BCUT2D eigenvalue weighted by atomic mass is 16.5. The van der Waals surface area contributed by atoms with Crippen molar-refractivity contribution < 1.29 is 34.7 Å². The zero-order valence-corrected chi connectivity index (χ0v) is 18.1. The van der Waals surface area contributed by atoms with Crippen molar-refractivity contribution in [3.8, 4) is 34.3 Å². The van der Waals surface area contributed by atoms with Gasteiger partial charge in [0.15, 0.2) is 5.58 Å². The number of aromatic hydroxyl groups is 3. The molecule has 0 fully saturated rings. The number of aliphatic hydroxyl groups excluding tert-OH is 2. The summed E-state index contributed by atoms with van der Waals surface area (Å²) in [5.74, 6) is -0.518. The normalized spacial score (nSPS) is 17.8. The molecule has 2 aromatic carbocycles. The van der Waals surface area contributed by atoms with Gasteiger partial charge in [-0.2, -0.15) is 0 Å². The monoisotopic (exact) mass is 452 g/mol. The lowest BCUT2D eigenvalue weighted by Gasteiger charge is -2.30. The molecule has 1 atom stereocenters. The molecule has 0 saturated carbocycles. The van der Waals surface area contributed by atoms with Crippen LogP contribution in [0, 0.1) is 0 Å². The van der Waals surface area contributed by atoms with Gasteiger partial charge >= 0.3 is 0 Å². The number of hydrogen-bond acceptors (Lipinski definition) is 8. The predicted molar refractivity (Wildman–Crippen MR) is 123 cm³/mol. The van der Waals surface area contributed by atoms with E-state index in [0.717, 1.165) is 6.07 Å². The zero-order valence-electron chi connectivity index (χ0n) is 18.1. The smallest absolute Gasteiger partial charge is 0.200 e. The van der Waals surface area contributed by atoms with Gasteiger partial charge in [0.1, 0.15) is 39.7 Å². The second-order valence-electron chi connectivity index (χ2n) is 8.27. The van der Waals surface area contributed by atoms with Crippen LogP contribution in [0.4, 0.5) is 0 Å². The Bertz CT molecular complexity index is 1370. The number of fused-ring (bicyclic) bond motifs is 3. The molecule has 2 heterocycles. The summed E-state index contributed by atoms with van der Waals surface area (Å²) in [5, 5.41) is 49.7. The van der Waals surface area contributed by atoms with Crippen molar-refractivity contribution in [1.82, 2.24) is 0 Å². The second kappa shape index (κ2) is 8.31. The van der Waals surface area contributed by atoms with Gasteiger partial charge in [0.25, 0.3) is 0 Å². The average molecular weight is 452 g/mol. The third kappa shape index (κ3) is 3.94. The van der Waals surface area contributed by atoms with Crippen molar-refractivity contribution >= 4 is 17.0 Å². The van der Waals surface area contributed by atoms with Crippen LogP contribution in [0.25, 0.3) is 28.4 Å². The lowest BCUT2D eigenvalue weighted by molar-refractivity contribution is 0.0640. The summed E-state index contributed by atoms with van der Waals surface area (Å²) in [4.78, 5) is 13.5. The molecule has 0 spiro atoms. The van der Waals surface area contributed by atoms with Gasteiger partial charge in [-0.3, -0.25) is 4.79 Å². The molecule has 1 aliphatic heterocycles. The predicted octanol–water partition coefficient (Wildman–Crippen LogP) is 3.21. The van der Waals surface area contributed by atoms with E-state index in [4.69, 9.17) is 9.15 Å². The molecule has 8 heteroatoms. The minimum Gasteiger partial charge on any atom is -0.508 e. The van der Waals surface area contributed by atoms with Crippen LogP contribution in [0.1, 0.15) is 25.0 Å². The molecule has 0 aliphatic carbocycles. The first kappa shape index (κ1) is 22.4. The number of rotatable bonds is 5. The van der Waals surface area contributed by atoms with Crippen molar-refractivity contribution in [2.45, 2.75) is 25.9 Å². The van der Waals surface area contributed by atoms with Crippen molar-refractivity contribution in [3.63, 3.8) is 0 Å². The minimum absolute atomic E-state index is 0.0540. The summed E-state index contributed by atoms with van der Waals surface area (Å²) in [6.07, 6.45) is 5.01. The van der Waals surface area contributed by atoms with Crippen LogP contribution in [0.15, 0.2) is 51.2 Å². The highest BCUT2D eigenvalue weighted by Gasteiger charge is 2.30. The first-order valence-electron chi connectivity index (χ1n) is 10.3. The largest absolute Gasteiger partial charge is 0.508 e. The van der Waals surface area contributed by atoms with Crippen LogP contribution in [0.5, 0.6) is 23.0 Å². The van der Waals surface area contributed by atoms with Gasteiger partial charge < -0.3 is 34.7 Å². The quantitative estimate of drug-likeness (QED) is 0.372. The molecule has 1 aromatic heterocycles. The zero-order chi connectivity index (χ0) is 23.9. The van der Waals surface area contributed by atoms with E-state index in [9.17, 15) is 30.3 Å². The summed E-state index contributed by atoms with van der Waals surface area (Å²) in [6, 6.07) is 5.21. The van der Waals surface area contributed by atoms with Gasteiger partial charge in [-0.1, -0.05) is 11.6 Å². The van der Waals surface area contributed by atoms with Gasteiger partial charge in [-0.05, 0) is 44.6 Å². The van der Waals surface area contributed by atoms with E-state index < -0.39 is 11.0 Å². The van der Waals surface area contributed by atoms with Gasteiger partial charge in [-0.15, -0.1) is 0 Å². The number of ether oxygens (including phenoxy) is 1. The van der Waals surface area contributed by atoms with E-state index in [1.54, 1.807) is 32.1 Å². The molecule has 33 heavy (non-hydrogen) atoms. The van der Waals surface area contributed by atoms with Crippen LogP contribution in [0.3, 0.4) is 0 Å². The Morgan fingerprint density at radius 1 is 1.12 bits per heavy atom. The van der Waals surface area contributed by atoms with Crippen LogP contribution in [-0.2, 0) is 6.42 Å². The fraction of sp³-hybridized carbons (Fsp3) is 0.240. The Labute approximate surface area is 188 Å². The highest BCUT2D eigenvalue weighted by Crippen LogP contribution is 2.42. The van der Waals surface area contributed by atoms with Gasteiger partial charge in [0, 0.05) is 17.7 Å². The summed E-state index contributed by atoms with van der Waals surface area (Å²) >= 11 is 0. The molecule has 0 unspecified atom stereocenters. The molecule has 3 aromatic rings. The Balaban J connectivity index is 2.06. The van der Waals surface area contributed by atoms with Crippen molar-refractivity contribution in [2.24, 2.45) is 0 Å². The fourth-order valence-electron chi connectivity index (χ4n) is 3.71. The molecular formula is C25H24O8. The van der Waals surface area contributed by atoms with Crippen LogP contribution < -0.4 is 10.2 Å². The number of aliphatic hydroxyl groups is 2. The van der Waals surface area contributed by atoms with E-state index in [2.05, 4.69) is 0 Å². The standard InChI is InChI=1S/C25H24O8/c1-13(11-26)3-5-17-22(31)21-19(30)10-20-16(7-8-25(2,12-27)33-20)24(21)32-23(17)15-6-4-14(28)9-18(15)29/h3-4,6-10,26-30H,5,11-12H2,1-2H3/t25-/m0/s1. The Morgan fingerprint density at radius 3 is 2.55 bits per heavy atom. The van der Waals surface area contributed by atoms with Gasteiger partial charge in [-0.25, -0.2) is 0 Å². The number of phenolic OH excluding ortho intramolecular Hbond substituents is 3. The molecular weight excluding hydrogens is 428 g/mol. The molecule has 0 radical (unpaired) electrons. The SMILES string of the molecule is CC(=CCc1c(-c2ccc(O)cc2O)oc2c3c(cc(O)c2c1=O)O[C@](C)(CO)C=C3)CO. The highest BCUT2D eigenvalue weighted by molar-refractivity contribution is 5.95. The Morgan fingerprint density at radius 2 is 1.88 bits per heavy atom. The van der Waals surface area contributed by atoms with E-state index in [0.29, 0.717) is 11.1 Å². The van der Waals surface area contributed by atoms with E-state index in [1.807, 2.05) is 0 Å². The molecule has 0 amide bonds. The van der Waals surface area contributed by atoms with Gasteiger partial charge in [0.05, 0.1) is 24.3 Å². The summed E-state index contributed by atoms with van der Waals surface area (Å²) < 4.78 is 12.0. The number of benzene rings is 2. The molecule has 5 N–H and O–H groups in total. The number of hydrogen-bond donors (Lipinski definition) is 5. The van der Waals surface area contributed by atoms with Crippen molar-refractivity contribution in [3.05, 3.63) is 63.3 Å². The van der Waals surface area contributed by atoms with Crippen LogP contribution in [-0.4, -0.2) is 44.3 Å². The minimum atomic E-state index is -1.00. The Hall–Kier alpha value is -3.75. The van der Waals surface area contributed by atoms with Crippen molar-refractivity contribution in [2.75, 3.05) is 13.2 Å². The topological polar surface area (TPSA) is 141 Å². The molecule has 172 valence electrons. The third-order valence-corrected chi connectivity index (χ3v) is 5.63. The third-order valence-electron chi connectivity index (χ3n) is 5.63. The summed E-state index contributed by atoms with van der Waals surface area (Å²) in [6.45, 7) is 2.88. The average Bonchev–Trinajstić information content (AvgIpc) is 2.77. The lowest BCUT2D eigenvalue weighted by Crippen LogP contribution is -2.35. The molecule has 0 saturated heterocycles. The van der Waals surface area contributed by atoms with Crippen molar-refractivity contribution in [1.29, 1.82) is 0 Å². The maximum Gasteiger partial charge on any atom is 0.200 e.